The van der Waals surface area contributed by atoms with Crippen LogP contribution in [0.2, 0.25) is 0 Å². The maximum atomic E-state index is 12.2. The lowest BCUT2D eigenvalue weighted by Crippen LogP contribution is -2.24. The molecule has 126 valence electrons. The van der Waals surface area contributed by atoms with Gasteiger partial charge in [0, 0.05) is 18.5 Å². The molecular formula is C20H23NO3. The van der Waals surface area contributed by atoms with E-state index in [-0.39, 0.29) is 12.3 Å². The van der Waals surface area contributed by atoms with Crippen molar-refractivity contribution in [3.8, 4) is 11.1 Å². The summed E-state index contributed by atoms with van der Waals surface area (Å²) in [6, 6.07) is 15.8. The van der Waals surface area contributed by atoms with Crippen LogP contribution in [0.15, 0.2) is 48.5 Å². The van der Waals surface area contributed by atoms with E-state index in [0.29, 0.717) is 18.5 Å². The standard InChI is InChI=1S/C20H23NO3/c1-15-14-17(11-12-18(15)16-8-4-2-5-9-16)20(24)21-13-7-3-6-10-19(22)23/h2,4-5,8-9,11-12,14H,3,6-7,10,13H2,1H3,(H,21,24)(H,22,23). The molecule has 2 aromatic carbocycles. The van der Waals surface area contributed by atoms with E-state index in [0.717, 1.165) is 29.5 Å². The number of carbonyl (C=O) groups excluding carboxylic acids is 1. The van der Waals surface area contributed by atoms with Crippen LogP contribution in [0, 0.1) is 6.92 Å². The van der Waals surface area contributed by atoms with Crippen LogP contribution in [0.3, 0.4) is 0 Å². The summed E-state index contributed by atoms with van der Waals surface area (Å²) in [6.45, 7) is 2.57. The van der Waals surface area contributed by atoms with Gasteiger partial charge in [0.1, 0.15) is 0 Å². The Morgan fingerprint density at radius 2 is 1.75 bits per heavy atom. The molecule has 0 aliphatic carbocycles. The lowest BCUT2D eigenvalue weighted by atomic mass is 9.98. The Kier molecular flexibility index (Phi) is 6.55. The Morgan fingerprint density at radius 3 is 2.42 bits per heavy atom. The molecule has 0 heterocycles. The molecule has 2 N–H and O–H groups in total. The minimum Gasteiger partial charge on any atom is -0.481 e. The first-order valence-corrected chi connectivity index (χ1v) is 8.24. The zero-order chi connectivity index (χ0) is 17.4. The Balaban J connectivity index is 1.87. The monoisotopic (exact) mass is 325 g/mol. The molecule has 0 bridgehead atoms. The van der Waals surface area contributed by atoms with Crippen molar-refractivity contribution in [2.75, 3.05) is 6.54 Å². The van der Waals surface area contributed by atoms with Crippen LogP contribution in [-0.2, 0) is 4.79 Å². The summed E-state index contributed by atoms with van der Waals surface area (Å²) in [4.78, 5) is 22.6. The molecule has 24 heavy (non-hydrogen) atoms. The summed E-state index contributed by atoms with van der Waals surface area (Å²) >= 11 is 0. The first-order valence-electron chi connectivity index (χ1n) is 8.24. The molecule has 0 saturated carbocycles. The molecule has 0 fully saturated rings. The summed E-state index contributed by atoms with van der Waals surface area (Å²) in [5, 5.41) is 11.5. The third kappa shape index (κ3) is 5.23. The second kappa shape index (κ2) is 8.87. The number of rotatable bonds is 8. The molecule has 1 amide bonds. The molecule has 0 saturated heterocycles. The van der Waals surface area contributed by atoms with E-state index in [9.17, 15) is 9.59 Å². The van der Waals surface area contributed by atoms with Crippen LogP contribution in [0.1, 0.15) is 41.6 Å². The number of aryl methyl sites for hydroxylation is 1. The molecule has 2 aromatic rings. The molecule has 2 rings (SSSR count). The van der Waals surface area contributed by atoms with Crippen LogP contribution >= 0.6 is 0 Å². The smallest absolute Gasteiger partial charge is 0.303 e. The fraction of sp³-hybridized carbons (Fsp3) is 0.300. The van der Waals surface area contributed by atoms with Gasteiger partial charge in [0.25, 0.3) is 5.91 Å². The van der Waals surface area contributed by atoms with Crippen LogP contribution in [-0.4, -0.2) is 23.5 Å². The zero-order valence-electron chi connectivity index (χ0n) is 13.9. The SMILES string of the molecule is Cc1cc(C(=O)NCCCCCC(=O)O)ccc1-c1ccccc1. The summed E-state index contributed by atoms with van der Waals surface area (Å²) in [5.74, 6) is -0.857. The number of carboxylic acid groups (broad SMARTS) is 1. The predicted octanol–water partition coefficient (Wildman–Crippen LogP) is 4.04. The van der Waals surface area contributed by atoms with Crippen LogP contribution in [0.25, 0.3) is 11.1 Å². The first kappa shape index (κ1) is 17.7. The molecule has 0 aliphatic heterocycles. The highest BCUT2D eigenvalue weighted by atomic mass is 16.4. The third-order valence-corrected chi connectivity index (χ3v) is 3.93. The van der Waals surface area contributed by atoms with Gasteiger partial charge in [0.05, 0.1) is 0 Å². The van der Waals surface area contributed by atoms with Crippen molar-refractivity contribution in [1.29, 1.82) is 0 Å². The van der Waals surface area contributed by atoms with Crippen LogP contribution in [0.5, 0.6) is 0 Å². The van der Waals surface area contributed by atoms with Gasteiger partial charge in [-0.05, 0) is 48.6 Å². The van der Waals surface area contributed by atoms with Gasteiger partial charge < -0.3 is 10.4 Å². The number of aliphatic carboxylic acids is 1. The Morgan fingerprint density at radius 1 is 1.00 bits per heavy atom. The molecule has 4 heteroatoms. The highest BCUT2D eigenvalue weighted by molar-refractivity contribution is 5.95. The van der Waals surface area contributed by atoms with Crippen molar-refractivity contribution >= 4 is 11.9 Å². The van der Waals surface area contributed by atoms with Gasteiger partial charge in [-0.25, -0.2) is 0 Å². The van der Waals surface area contributed by atoms with E-state index in [1.807, 2.05) is 43.3 Å². The van der Waals surface area contributed by atoms with E-state index in [1.54, 1.807) is 0 Å². The van der Waals surface area contributed by atoms with E-state index >= 15 is 0 Å². The Bertz CT molecular complexity index is 695. The third-order valence-electron chi connectivity index (χ3n) is 3.93. The number of carbonyl (C=O) groups is 2. The maximum Gasteiger partial charge on any atom is 0.303 e. The van der Waals surface area contributed by atoms with Gasteiger partial charge in [-0.15, -0.1) is 0 Å². The molecule has 0 spiro atoms. The number of carboxylic acids is 1. The van der Waals surface area contributed by atoms with E-state index in [2.05, 4.69) is 17.4 Å². The van der Waals surface area contributed by atoms with E-state index in [4.69, 9.17) is 5.11 Å². The van der Waals surface area contributed by atoms with Crippen molar-refractivity contribution in [2.45, 2.75) is 32.6 Å². The highest BCUT2D eigenvalue weighted by Crippen LogP contribution is 2.23. The van der Waals surface area contributed by atoms with Gasteiger partial charge in [-0.1, -0.05) is 42.8 Å². The largest absolute Gasteiger partial charge is 0.481 e. The number of hydrogen-bond donors (Lipinski definition) is 2. The van der Waals surface area contributed by atoms with Gasteiger partial charge in [-0.2, -0.15) is 0 Å². The Hall–Kier alpha value is -2.62. The Labute approximate surface area is 142 Å². The second-order valence-electron chi connectivity index (χ2n) is 5.86. The van der Waals surface area contributed by atoms with Crippen molar-refractivity contribution in [1.82, 2.24) is 5.32 Å². The summed E-state index contributed by atoms with van der Waals surface area (Å²) in [5.41, 5.74) is 3.98. The van der Waals surface area contributed by atoms with Crippen molar-refractivity contribution in [3.63, 3.8) is 0 Å². The quantitative estimate of drug-likeness (QED) is 0.720. The second-order valence-corrected chi connectivity index (χ2v) is 5.86. The van der Waals surface area contributed by atoms with Crippen LogP contribution in [0.4, 0.5) is 0 Å². The van der Waals surface area contributed by atoms with Crippen molar-refractivity contribution in [3.05, 3.63) is 59.7 Å². The minimum absolute atomic E-state index is 0.0871. The normalized spacial score (nSPS) is 10.4. The van der Waals surface area contributed by atoms with Crippen molar-refractivity contribution in [2.24, 2.45) is 0 Å². The van der Waals surface area contributed by atoms with Crippen molar-refractivity contribution < 1.29 is 14.7 Å². The fourth-order valence-electron chi connectivity index (χ4n) is 2.63. The maximum absolute atomic E-state index is 12.2. The van der Waals surface area contributed by atoms with Crippen LogP contribution < -0.4 is 5.32 Å². The highest BCUT2D eigenvalue weighted by Gasteiger charge is 2.08. The lowest BCUT2D eigenvalue weighted by Gasteiger charge is -2.09. The summed E-state index contributed by atoms with van der Waals surface area (Å²) in [7, 11) is 0. The molecular weight excluding hydrogens is 302 g/mol. The summed E-state index contributed by atoms with van der Waals surface area (Å²) in [6.07, 6.45) is 2.43. The average molecular weight is 325 g/mol. The van der Waals surface area contributed by atoms with Gasteiger partial charge in [0.2, 0.25) is 0 Å². The summed E-state index contributed by atoms with van der Waals surface area (Å²) < 4.78 is 0. The van der Waals surface area contributed by atoms with Gasteiger partial charge >= 0.3 is 5.97 Å². The molecule has 4 nitrogen and oxygen atoms in total. The topological polar surface area (TPSA) is 66.4 Å². The molecule has 0 radical (unpaired) electrons. The number of amides is 1. The average Bonchev–Trinajstić information content (AvgIpc) is 2.58. The minimum atomic E-state index is -0.770. The number of benzene rings is 2. The lowest BCUT2D eigenvalue weighted by molar-refractivity contribution is -0.137. The van der Waals surface area contributed by atoms with Gasteiger partial charge in [-0.3, -0.25) is 9.59 Å². The molecule has 0 unspecified atom stereocenters. The number of hydrogen-bond acceptors (Lipinski definition) is 2. The predicted molar refractivity (Wildman–Crippen MR) is 95.1 cm³/mol. The van der Waals surface area contributed by atoms with E-state index in [1.165, 1.54) is 0 Å². The first-order chi connectivity index (χ1) is 11.6. The zero-order valence-corrected chi connectivity index (χ0v) is 13.9. The number of nitrogens with one attached hydrogen (secondary N) is 1. The number of unbranched alkanes of at least 4 members (excludes halogenated alkanes) is 2. The molecule has 0 aromatic heterocycles. The fourth-order valence-corrected chi connectivity index (χ4v) is 2.63. The van der Waals surface area contributed by atoms with Gasteiger partial charge in [0.15, 0.2) is 0 Å². The molecule has 0 aliphatic rings. The molecule has 0 atom stereocenters. The van der Waals surface area contributed by atoms with E-state index < -0.39 is 5.97 Å².